The number of aliphatic hydroxyl groups is 1. The van der Waals surface area contributed by atoms with Gasteiger partial charge in [0.2, 0.25) is 0 Å². The number of thioether (sulfide) groups is 1. The molecule has 3 aromatic rings. The Morgan fingerprint density at radius 3 is 2.91 bits per heavy atom. The largest absolute Gasteiger partial charge is 0.497 e. The second-order valence-electron chi connectivity index (χ2n) is 8.87. The van der Waals surface area contributed by atoms with Gasteiger partial charge in [0.25, 0.3) is 0 Å². The lowest BCUT2D eigenvalue weighted by atomic mass is 9.81. The summed E-state index contributed by atoms with van der Waals surface area (Å²) in [5.41, 5.74) is 1.45. The van der Waals surface area contributed by atoms with Crippen molar-refractivity contribution in [2.45, 2.75) is 36.9 Å². The maximum atomic E-state index is 15.4. The molecular weight excluding hydrogens is 451 g/mol. The molecule has 1 aliphatic rings. The molecule has 0 amide bonds. The van der Waals surface area contributed by atoms with Crippen LogP contribution < -0.4 is 4.74 Å². The Morgan fingerprint density at radius 1 is 1.21 bits per heavy atom. The number of pyridine rings is 1. The van der Waals surface area contributed by atoms with Gasteiger partial charge in [-0.15, -0.1) is 11.8 Å². The monoisotopic (exact) mass is 484 g/mol. The first-order valence-corrected chi connectivity index (χ1v) is 12.9. The second kappa shape index (κ2) is 12.4. The van der Waals surface area contributed by atoms with Crippen molar-refractivity contribution in [2.75, 3.05) is 39.1 Å². The van der Waals surface area contributed by atoms with E-state index in [4.69, 9.17) is 4.74 Å². The van der Waals surface area contributed by atoms with Gasteiger partial charge in [-0.1, -0.05) is 0 Å². The van der Waals surface area contributed by atoms with Gasteiger partial charge in [0, 0.05) is 42.9 Å². The minimum atomic E-state index is -1.06. The number of fused-ring (bicyclic) bond motifs is 1. The fourth-order valence-electron chi connectivity index (χ4n) is 4.83. The molecule has 3 heterocycles. The molecule has 1 unspecified atom stereocenters. The Labute approximate surface area is 205 Å². The van der Waals surface area contributed by atoms with E-state index in [-0.39, 0.29) is 12.5 Å². The van der Waals surface area contributed by atoms with E-state index in [0.717, 1.165) is 60.6 Å². The molecule has 0 spiro atoms. The minimum Gasteiger partial charge on any atom is -0.497 e. The van der Waals surface area contributed by atoms with E-state index < -0.39 is 6.17 Å². The fraction of sp³-hybridized carbons (Fsp3) is 0.500. The normalized spacial score (nSPS) is 19.9. The molecule has 1 aliphatic heterocycles. The van der Waals surface area contributed by atoms with Crippen LogP contribution in [0.15, 0.2) is 54.1 Å². The maximum Gasteiger partial charge on any atom is 0.126 e. The van der Waals surface area contributed by atoms with Crippen molar-refractivity contribution in [3.05, 3.63) is 54.6 Å². The first-order chi connectivity index (χ1) is 16.7. The molecule has 1 saturated heterocycles. The van der Waals surface area contributed by atoms with E-state index in [0.29, 0.717) is 23.7 Å². The van der Waals surface area contributed by atoms with Gasteiger partial charge in [0.05, 0.1) is 18.8 Å². The molecule has 3 atom stereocenters. The number of rotatable bonds is 11. The number of aliphatic hydroxyl groups excluding tert-OH is 1. The third-order valence-corrected chi connectivity index (χ3v) is 7.73. The van der Waals surface area contributed by atoms with E-state index >= 15 is 4.39 Å². The number of hydrogen-bond acceptors (Lipinski definition) is 7. The Morgan fingerprint density at radius 2 is 2.12 bits per heavy atom. The number of likely N-dealkylation sites (tertiary alicyclic amines) is 1. The lowest BCUT2D eigenvalue weighted by molar-refractivity contribution is 0.0640. The molecule has 4 rings (SSSR count). The maximum absolute atomic E-state index is 15.4. The van der Waals surface area contributed by atoms with Gasteiger partial charge in [0.15, 0.2) is 0 Å². The summed E-state index contributed by atoms with van der Waals surface area (Å²) in [6, 6.07) is 7.35. The van der Waals surface area contributed by atoms with E-state index in [1.54, 1.807) is 49.7 Å². The van der Waals surface area contributed by atoms with E-state index in [2.05, 4.69) is 19.9 Å². The SMILES string of the molecule is COc1ccc2nccc(C(F)CC[C@@H]3CCN(CCCSc4cnccn4)C[C@@H]3CO)c2c1. The predicted octanol–water partition coefficient (Wildman–Crippen LogP) is 4.94. The van der Waals surface area contributed by atoms with Crippen molar-refractivity contribution < 1.29 is 14.2 Å². The van der Waals surface area contributed by atoms with Gasteiger partial charge in [-0.2, -0.15) is 0 Å². The zero-order valence-electron chi connectivity index (χ0n) is 19.6. The summed E-state index contributed by atoms with van der Waals surface area (Å²) in [6.07, 6.45) is 9.10. The van der Waals surface area contributed by atoms with Crippen molar-refractivity contribution in [1.29, 1.82) is 0 Å². The van der Waals surface area contributed by atoms with Crippen LogP contribution in [-0.4, -0.2) is 64.1 Å². The van der Waals surface area contributed by atoms with Gasteiger partial charge in [-0.25, -0.2) is 9.37 Å². The van der Waals surface area contributed by atoms with Crippen molar-refractivity contribution >= 4 is 22.7 Å². The number of methoxy groups -OCH3 is 1. The highest BCUT2D eigenvalue weighted by Gasteiger charge is 2.29. The molecule has 2 aromatic heterocycles. The van der Waals surface area contributed by atoms with Crippen LogP contribution in [0, 0.1) is 11.8 Å². The van der Waals surface area contributed by atoms with Crippen molar-refractivity contribution in [1.82, 2.24) is 19.9 Å². The average Bonchev–Trinajstić information content (AvgIpc) is 2.89. The summed E-state index contributed by atoms with van der Waals surface area (Å²) in [6.45, 7) is 3.04. The van der Waals surface area contributed by atoms with Crippen molar-refractivity contribution in [3.63, 3.8) is 0 Å². The number of halogens is 1. The van der Waals surface area contributed by atoms with Crippen LogP contribution in [0.1, 0.15) is 37.4 Å². The standard InChI is InChI=1S/C26H33FN4O2S/c1-33-21-4-6-25-23(15-21)22(7-9-29-25)24(27)5-3-19-8-13-31(17-20(19)18-32)12-2-14-34-26-16-28-10-11-30-26/h4,6-7,9-11,15-16,19-20,24,32H,2-3,5,8,12-14,17-18H2,1H3/t19-,20-,24?/m1/s1. The number of nitrogens with zero attached hydrogens (tertiary/aromatic N) is 4. The zero-order chi connectivity index (χ0) is 23.8. The smallest absolute Gasteiger partial charge is 0.126 e. The summed E-state index contributed by atoms with van der Waals surface area (Å²) in [5.74, 6) is 2.24. The second-order valence-corrected chi connectivity index (χ2v) is 9.98. The van der Waals surface area contributed by atoms with Crippen molar-refractivity contribution in [3.8, 4) is 5.75 Å². The number of piperidine rings is 1. The summed E-state index contributed by atoms with van der Waals surface area (Å²) < 4.78 is 20.7. The van der Waals surface area contributed by atoms with Gasteiger partial charge in [-0.3, -0.25) is 9.97 Å². The fourth-order valence-corrected chi connectivity index (χ4v) is 5.59. The molecule has 1 aromatic carbocycles. The number of hydrogen-bond donors (Lipinski definition) is 1. The van der Waals surface area contributed by atoms with E-state index in [9.17, 15) is 5.11 Å². The van der Waals surface area contributed by atoms with Crippen LogP contribution >= 0.6 is 11.8 Å². The molecule has 1 fully saturated rings. The highest BCUT2D eigenvalue weighted by atomic mass is 32.2. The lowest BCUT2D eigenvalue weighted by Crippen LogP contribution is -2.42. The number of benzene rings is 1. The van der Waals surface area contributed by atoms with Gasteiger partial charge < -0.3 is 14.7 Å². The number of aromatic nitrogens is 3. The third kappa shape index (κ3) is 6.43. The van der Waals surface area contributed by atoms with Crippen LogP contribution in [0.3, 0.4) is 0 Å². The van der Waals surface area contributed by atoms with Crippen LogP contribution in [0.4, 0.5) is 4.39 Å². The molecule has 8 heteroatoms. The van der Waals surface area contributed by atoms with Gasteiger partial charge in [-0.05, 0) is 80.4 Å². The third-order valence-electron chi connectivity index (χ3n) is 6.73. The first kappa shape index (κ1) is 24.8. The highest BCUT2D eigenvalue weighted by Crippen LogP contribution is 2.35. The molecule has 0 saturated carbocycles. The Hall–Kier alpha value is -2.29. The summed E-state index contributed by atoms with van der Waals surface area (Å²) >= 11 is 1.72. The average molecular weight is 485 g/mol. The highest BCUT2D eigenvalue weighted by molar-refractivity contribution is 7.99. The topological polar surface area (TPSA) is 71.4 Å². The molecule has 0 aliphatic carbocycles. The Kier molecular flexibility index (Phi) is 9.07. The van der Waals surface area contributed by atoms with Crippen LogP contribution in [0.2, 0.25) is 0 Å². The van der Waals surface area contributed by atoms with E-state index in [1.165, 1.54) is 0 Å². The zero-order valence-corrected chi connectivity index (χ0v) is 20.5. The van der Waals surface area contributed by atoms with Gasteiger partial charge >= 0.3 is 0 Å². The molecule has 182 valence electrons. The molecule has 1 N–H and O–H groups in total. The molecule has 0 radical (unpaired) electrons. The van der Waals surface area contributed by atoms with Crippen LogP contribution in [0.25, 0.3) is 10.9 Å². The van der Waals surface area contributed by atoms with Gasteiger partial charge in [0.1, 0.15) is 16.9 Å². The number of alkyl halides is 1. The molecule has 34 heavy (non-hydrogen) atoms. The summed E-state index contributed by atoms with van der Waals surface area (Å²) in [7, 11) is 1.61. The lowest BCUT2D eigenvalue weighted by Gasteiger charge is -2.38. The summed E-state index contributed by atoms with van der Waals surface area (Å²) in [5, 5.41) is 11.8. The minimum absolute atomic E-state index is 0.155. The number of ether oxygens (including phenoxy) is 1. The first-order valence-electron chi connectivity index (χ1n) is 12.0. The van der Waals surface area contributed by atoms with Crippen LogP contribution in [-0.2, 0) is 0 Å². The Bertz CT molecular complexity index is 1040. The van der Waals surface area contributed by atoms with E-state index in [1.807, 2.05) is 18.2 Å². The Balaban J connectivity index is 1.26. The molecule has 6 nitrogen and oxygen atoms in total. The van der Waals surface area contributed by atoms with Crippen molar-refractivity contribution in [2.24, 2.45) is 11.8 Å². The quantitative estimate of drug-likeness (QED) is 0.305. The van der Waals surface area contributed by atoms with Crippen LogP contribution in [0.5, 0.6) is 5.75 Å². The molecule has 0 bridgehead atoms. The predicted molar refractivity (Wildman–Crippen MR) is 134 cm³/mol. The molecular formula is C26H33FN4O2S. The summed E-state index contributed by atoms with van der Waals surface area (Å²) in [4.78, 5) is 15.2.